The van der Waals surface area contributed by atoms with E-state index in [1.807, 2.05) is 0 Å². The molecule has 3 rings (SSSR count). The van der Waals surface area contributed by atoms with Crippen molar-refractivity contribution in [2.45, 2.75) is 25.3 Å². The highest BCUT2D eigenvalue weighted by Crippen LogP contribution is 2.33. The van der Waals surface area contributed by atoms with Crippen molar-refractivity contribution in [3.63, 3.8) is 0 Å². The Labute approximate surface area is 121 Å². The van der Waals surface area contributed by atoms with Gasteiger partial charge in [-0.2, -0.15) is 0 Å². The highest BCUT2D eigenvalue weighted by molar-refractivity contribution is 5.56. The molecule has 0 amide bonds. The van der Waals surface area contributed by atoms with Crippen LogP contribution in [0.5, 0.6) is 0 Å². The molecule has 1 saturated heterocycles. The Kier molecular flexibility index (Phi) is 3.75. The van der Waals surface area contributed by atoms with E-state index in [9.17, 15) is 0 Å². The average Bonchev–Trinajstić information content (AvgIpc) is 2.98. The first kappa shape index (κ1) is 13.2. The number of nitrogens with two attached hydrogens (primary N) is 1. The number of rotatable bonds is 3. The van der Waals surface area contributed by atoms with Crippen LogP contribution in [0.4, 0.5) is 5.69 Å². The highest BCUT2D eigenvalue weighted by atomic mass is 15.2. The van der Waals surface area contributed by atoms with E-state index >= 15 is 0 Å². The largest absolute Gasteiger partial charge is 0.371 e. The molecule has 1 unspecified atom stereocenters. The van der Waals surface area contributed by atoms with Crippen LogP contribution >= 0.6 is 0 Å². The minimum atomic E-state index is 0.0852. The molecule has 1 heterocycles. The fraction of sp³-hybridized carbons (Fsp3) is 0.333. The lowest BCUT2D eigenvalue weighted by Crippen LogP contribution is -2.22. The Morgan fingerprint density at radius 1 is 1.05 bits per heavy atom. The maximum absolute atomic E-state index is 6.10. The quantitative estimate of drug-likeness (QED) is 0.918. The molecule has 1 fully saturated rings. The predicted octanol–water partition coefficient (Wildman–Crippen LogP) is 3.70. The van der Waals surface area contributed by atoms with Crippen molar-refractivity contribution in [3.8, 4) is 0 Å². The first-order chi connectivity index (χ1) is 9.75. The minimum Gasteiger partial charge on any atom is -0.371 e. The van der Waals surface area contributed by atoms with Crippen LogP contribution in [0.3, 0.4) is 0 Å². The summed E-state index contributed by atoms with van der Waals surface area (Å²) < 4.78 is 0. The Hall–Kier alpha value is -1.80. The molecule has 0 saturated carbocycles. The van der Waals surface area contributed by atoms with Gasteiger partial charge in [0, 0.05) is 30.7 Å². The number of hydrogen-bond acceptors (Lipinski definition) is 2. The van der Waals surface area contributed by atoms with Crippen LogP contribution in [-0.4, -0.2) is 13.1 Å². The van der Waals surface area contributed by atoms with Crippen molar-refractivity contribution in [2.75, 3.05) is 18.0 Å². The number of para-hydroxylation sites is 1. The molecule has 104 valence electrons. The van der Waals surface area contributed by atoms with Gasteiger partial charge in [-0.25, -0.2) is 0 Å². The van der Waals surface area contributed by atoms with Gasteiger partial charge in [0.25, 0.3) is 0 Å². The van der Waals surface area contributed by atoms with E-state index in [1.165, 1.54) is 23.2 Å². The van der Waals surface area contributed by atoms with E-state index < -0.39 is 0 Å². The number of benzene rings is 2. The molecule has 2 heteroatoms. The summed E-state index contributed by atoms with van der Waals surface area (Å²) in [6.45, 7) is 4.26. The fourth-order valence-electron chi connectivity index (χ4n) is 3.14. The third-order valence-corrected chi connectivity index (χ3v) is 4.23. The standard InChI is InChI=1S/C18H22N2/c1-14(19)17-9-5-6-10-18(17)20-12-11-16(13-20)15-7-3-2-4-8-15/h2-10,14,16H,11-13,19H2,1H3/t14-,16?/m0/s1. The number of hydrogen-bond donors (Lipinski definition) is 1. The Morgan fingerprint density at radius 3 is 2.50 bits per heavy atom. The van der Waals surface area contributed by atoms with E-state index in [4.69, 9.17) is 5.73 Å². The zero-order valence-electron chi connectivity index (χ0n) is 12.0. The van der Waals surface area contributed by atoms with Gasteiger partial charge < -0.3 is 10.6 Å². The summed E-state index contributed by atoms with van der Waals surface area (Å²) in [5.41, 5.74) is 10.1. The van der Waals surface area contributed by atoms with Crippen molar-refractivity contribution < 1.29 is 0 Å². The van der Waals surface area contributed by atoms with Crippen LogP contribution in [0.25, 0.3) is 0 Å². The molecule has 2 atom stereocenters. The zero-order chi connectivity index (χ0) is 13.9. The zero-order valence-corrected chi connectivity index (χ0v) is 12.0. The molecule has 20 heavy (non-hydrogen) atoms. The van der Waals surface area contributed by atoms with Crippen LogP contribution in [-0.2, 0) is 0 Å². The molecule has 0 bridgehead atoms. The summed E-state index contributed by atoms with van der Waals surface area (Å²) in [5, 5.41) is 0. The molecule has 2 aromatic rings. The van der Waals surface area contributed by atoms with Gasteiger partial charge in [0.1, 0.15) is 0 Å². The lowest BCUT2D eigenvalue weighted by atomic mass is 9.99. The Bertz CT molecular complexity index is 563. The maximum atomic E-state index is 6.10. The molecular weight excluding hydrogens is 244 g/mol. The smallest absolute Gasteiger partial charge is 0.0414 e. The maximum Gasteiger partial charge on any atom is 0.0414 e. The van der Waals surface area contributed by atoms with Crippen LogP contribution in [0.1, 0.15) is 36.4 Å². The lowest BCUT2D eigenvalue weighted by molar-refractivity contribution is 0.772. The topological polar surface area (TPSA) is 29.3 Å². The van der Waals surface area contributed by atoms with E-state index in [-0.39, 0.29) is 6.04 Å². The molecule has 0 spiro atoms. The van der Waals surface area contributed by atoms with Gasteiger partial charge in [-0.1, -0.05) is 48.5 Å². The first-order valence-electron chi connectivity index (χ1n) is 7.40. The molecular formula is C18H22N2. The van der Waals surface area contributed by atoms with Crippen molar-refractivity contribution in [2.24, 2.45) is 5.73 Å². The predicted molar refractivity (Wildman–Crippen MR) is 85.1 cm³/mol. The van der Waals surface area contributed by atoms with Crippen molar-refractivity contribution in [3.05, 3.63) is 65.7 Å². The monoisotopic (exact) mass is 266 g/mol. The molecule has 0 aromatic heterocycles. The molecule has 2 aromatic carbocycles. The van der Waals surface area contributed by atoms with Crippen molar-refractivity contribution in [1.82, 2.24) is 0 Å². The molecule has 1 aliphatic rings. The highest BCUT2D eigenvalue weighted by Gasteiger charge is 2.25. The van der Waals surface area contributed by atoms with E-state index in [1.54, 1.807) is 0 Å². The summed E-state index contributed by atoms with van der Waals surface area (Å²) in [6, 6.07) is 19.5. The Morgan fingerprint density at radius 2 is 1.75 bits per heavy atom. The van der Waals surface area contributed by atoms with Gasteiger partial charge in [0.2, 0.25) is 0 Å². The Balaban J connectivity index is 1.81. The fourth-order valence-corrected chi connectivity index (χ4v) is 3.14. The second kappa shape index (κ2) is 5.68. The van der Waals surface area contributed by atoms with Crippen molar-refractivity contribution in [1.29, 1.82) is 0 Å². The molecule has 2 nitrogen and oxygen atoms in total. The third-order valence-electron chi connectivity index (χ3n) is 4.23. The summed E-state index contributed by atoms with van der Waals surface area (Å²) >= 11 is 0. The number of anilines is 1. The second-order valence-electron chi connectivity index (χ2n) is 5.69. The van der Waals surface area contributed by atoms with Crippen LogP contribution in [0.2, 0.25) is 0 Å². The van der Waals surface area contributed by atoms with E-state index in [0.717, 1.165) is 13.1 Å². The van der Waals surface area contributed by atoms with Gasteiger partial charge in [-0.05, 0) is 30.5 Å². The van der Waals surface area contributed by atoms with Gasteiger partial charge in [-0.15, -0.1) is 0 Å². The lowest BCUT2D eigenvalue weighted by Gasteiger charge is -2.23. The van der Waals surface area contributed by atoms with Crippen LogP contribution < -0.4 is 10.6 Å². The van der Waals surface area contributed by atoms with Gasteiger partial charge in [0.15, 0.2) is 0 Å². The molecule has 0 aliphatic carbocycles. The summed E-state index contributed by atoms with van der Waals surface area (Å²) in [7, 11) is 0. The second-order valence-corrected chi connectivity index (χ2v) is 5.69. The van der Waals surface area contributed by atoms with Gasteiger partial charge in [0.05, 0.1) is 0 Å². The average molecular weight is 266 g/mol. The minimum absolute atomic E-state index is 0.0852. The number of nitrogens with zero attached hydrogens (tertiary/aromatic N) is 1. The van der Waals surface area contributed by atoms with Crippen molar-refractivity contribution >= 4 is 5.69 Å². The summed E-state index contributed by atoms with van der Waals surface area (Å²) in [4.78, 5) is 2.48. The summed E-state index contributed by atoms with van der Waals surface area (Å²) in [5.74, 6) is 0.636. The van der Waals surface area contributed by atoms with E-state index in [0.29, 0.717) is 5.92 Å². The summed E-state index contributed by atoms with van der Waals surface area (Å²) in [6.07, 6.45) is 1.22. The normalized spacial score (nSPS) is 20.1. The third kappa shape index (κ3) is 2.56. The first-order valence-corrected chi connectivity index (χ1v) is 7.40. The molecule has 1 aliphatic heterocycles. The van der Waals surface area contributed by atoms with Gasteiger partial charge >= 0.3 is 0 Å². The van der Waals surface area contributed by atoms with Gasteiger partial charge in [-0.3, -0.25) is 0 Å². The van der Waals surface area contributed by atoms with E-state index in [2.05, 4.69) is 66.4 Å². The van der Waals surface area contributed by atoms with Crippen LogP contribution in [0, 0.1) is 0 Å². The molecule has 2 N–H and O–H groups in total. The SMILES string of the molecule is C[C@H](N)c1ccccc1N1CCC(c2ccccc2)C1. The van der Waals surface area contributed by atoms with Crippen LogP contribution in [0.15, 0.2) is 54.6 Å². The molecule has 0 radical (unpaired) electrons.